The number of rotatable bonds is 1. The highest BCUT2D eigenvalue weighted by atomic mass is 19.4. The van der Waals surface area contributed by atoms with Crippen molar-refractivity contribution in [2.24, 2.45) is 5.10 Å². The second-order valence-electron chi connectivity index (χ2n) is 3.80. The van der Waals surface area contributed by atoms with Crippen LogP contribution in [-0.4, -0.2) is 30.4 Å². The highest BCUT2D eigenvalue weighted by Gasteiger charge is 2.40. The van der Waals surface area contributed by atoms with Gasteiger partial charge in [0.1, 0.15) is 5.57 Å². The maximum Gasteiger partial charge on any atom is 0.420 e. The van der Waals surface area contributed by atoms with Gasteiger partial charge in [-0.05, 0) is 12.8 Å². The number of likely N-dealkylation sites (tertiary alicyclic amines) is 1. The summed E-state index contributed by atoms with van der Waals surface area (Å²) in [6.45, 7) is 4.65. The highest BCUT2D eigenvalue weighted by Crippen LogP contribution is 2.34. The predicted octanol–water partition coefficient (Wildman–Crippen LogP) is 2.00. The van der Waals surface area contributed by atoms with E-state index in [4.69, 9.17) is 0 Å². The number of alkyl halides is 3. The van der Waals surface area contributed by atoms with Crippen molar-refractivity contribution >= 4 is 6.21 Å². The second-order valence-corrected chi connectivity index (χ2v) is 3.80. The minimum Gasteiger partial charge on any atom is -0.370 e. The van der Waals surface area contributed by atoms with Crippen molar-refractivity contribution in [3.63, 3.8) is 0 Å². The summed E-state index contributed by atoms with van der Waals surface area (Å²) >= 11 is 0. The maximum atomic E-state index is 12.8. The van der Waals surface area contributed by atoms with Gasteiger partial charge in [-0.3, -0.25) is 5.43 Å². The third-order valence-electron chi connectivity index (χ3n) is 2.67. The van der Waals surface area contributed by atoms with Gasteiger partial charge in [-0.1, -0.05) is 6.58 Å². The highest BCUT2D eigenvalue weighted by molar-refractivity contribution is 5.82. The quantitative estimate of drug-likeness (QED) is 0.747. The van der Waals surface area contributed by atoms with Crippen molar-refractivity contribution < 1.29 is 13.2 Å². The first-order valence-electron chi connectivity index (χ1n) is 5.05. The van der Waals surface area contributed by atoms with Crippen LogP contribution in [0.15, 0.2) is 28.6 Å². The molecule has 0 amide bonds. The summed E-state index contributed by atoms with van der Waals surface area (Å²) < 4.78 is 38.5. The van der Waals surface area contributed by atoms with Gasteiger partial charge >= 0.3 is 6.18 Å². The standard InChI is InChI=1S/C10H12F3N3/c1-7-9(10(11,12)13)8(6-14-15-7)16-4-2-3-5-16/h6,15H,1-5H2. The molecule has 0 aromatic heterocycles. The molecule has 2 aliphatic heterocycles. The van der Waals surface area contributed by atoms with Gasteiger partial charge in [-0.2, -0.15) is 18.3 Å². The molecule has 0 saturated carbocycles. The van der Waals surface area contributed by atoms with Crippen molar-refractivity contribution in [3.05, 3.63) is 23.5 Å². The third-order valence-corrected chi connectivity index (χ3v) is 2.67. The van der Waals surface area contributed by atoms with Crippen LogP contribution in [0.25, 0.3) is 0 Å². The summed E-state index contributed by atoms with van der Waals surface area (Å²) in [5.41, 5.74) is 1.51. The van der Waals surface area contributed by atoms with E-state index < -0.39 is 11.7 Å². The molecule has 1 fully saturated rings. The number of hydrogen-bond acceptors (Lipinski definition) is 3. The monoisotopic (exact) mass is 231 g/mol. The van der Waals surface area contributed by atoms with Crippen molar-refractivity contribution in [1.29, 1.82) is 0 Å². The molecule has 0 aromatic carbocycles. The van der Waals surface area contributed by atoms with Crippen LogP contribution in [0.5, 0.6) is 0 Å². The van der Waals surface area contributed by atoms with E-state index in [1.165, 1.54) is 6.21 Å². The Morgan fingerprint density at radius 2 is 1.94 bits per heavy atom. The summed E-state index contributed by atoms with van der Waals surface area (Å²) in [7, 11) is 0. The van der Waals surface area contributed by atoms with Gasteiger partial charge in [0, 0.05) is 13.1 Å². The number of hydrogen-bond donors (Lipinski definition) is 1. The molecule has 3 nitrogen and oxygen atoms in total. The number of allylic oxidation sites excluding steroid dienone is 2. The zero-order chi connectivity index (χ0) is 11.8. The Labute approximate surface area is 91.3 Å². The Balaban J connectivity index is 2.41. The molecule has 2 aliphatic rings. The topological polar surface area (TPSA) is 27.6 Å². The lowest BCUT2D eigenvalue weighted by atomic mass is 10.1. The van der Waals surface area contributed by atoms with Crippen molar-refractivity contribution in [3.8, 4) is 0 Å². The van der Waals surface area contributed by atoms with Crippen LogP contribution in [0.4, 0.5) is 13.2 Å². The summed E-state index contributed by atoms with van der Waals surface area (Å²) in [5.74, 6) is 0. The Bertz CT molecular complexity index is 362. The van der Waals surface area contributed by atoms with Crippen LogP contribution in [0.2, 0.25) is 0 Å². The molecule has 6 heteroatoms. The minimum atomic E-state index is -4.39. The molecule has 2 rings (SSSR count). The minimum absolute atomic E-state index is 0.133. The lowest BCUT2D eigenvalue weighted by Gasteiger charge is -2.27. The van der Waals surface area contributed by atoms with Gasteiger partial charge in [0.05, 0.1) is 17.6 Å². The summed E-state index contributed by atoms with van der Waals surface area (Å²) in [5, 5.41) is 3.67. The zero-order valence-corrected chi connectivity index (χ0v) is 8.64. The third kappa shape index (κ3) is 1.91. The van der Waals surface area contributed by atoms with E-state index in [-0.39, 0.29) is 11.4 Å². The Morgan fingerprint density at radius 3 is 2.50 bits per heavy atom. The molecule has 2 heterocycles. The molecule has 0 spiro atoms. The fourth-order valence-corrected chi connectivity index (χ4v) is 1.96. The van der Waals surface area contributed by atoms with Crippen LogP contribution in [0.1, 0.15) is 12.8 Å². The molecule has 0 radical (unpaired) electrons. The average molecular weight is 231 g/mol. The fourth-order valence-electron chi connectivity index (χ4n) is 1.96. The van der Waals surface area contributed by atoms with E-state index >= 15 is 0 Å². The largest absolute Gasteiger partial charge is 0.420 e. The Morgan fingerprint density at radius 1 is 1.31 bits per heavy atom. The SMILES string of the molecule is C=C1NN=CC(N2CCCC2)=C1C(F)(F)F. The first kappa shape index (κ1) is 11.0. The van der Waals surface area contributed by atoms with Crippen molar-refractivity contribution in [1.82, 2.24) is 10.3 Å². The lowest BCUT2D eigenvalue weighted by Crippen LogP contribution is -2.32. The second kappa shape index (κ2) is 3.84. The summed E-state index contributed by atoms with van der Waals surface area (Å²) in [6.07, 6.45) is -1.33. The first-order chi connectivity index (χ1) is 7.50. The average Bonchev–Trinajstić information content (AvgIpc) is 2.67. The molecule has 1 N–H and O–H groups in total. The molecule has 1 saturated heterocycles. The molecular formula is C10H12F3N3. The zero-order valence-electron chi connectivity index (χ0n) is 8.64. The molecule has 0 aliphatic carbocycles. The first-order valence-corrected chi connectivity index (χ1v) is 5.05. The number of nitrogens with one attached hydrogen (secondary N) is 1. The Hall–Kier alpha value is -1.46. The van der Waals surface area contributed by atoms with E-state index in [1.807, 2.05) is 0 Å². The van der Waals surface area contributed by atoms with Gasteiger partial charge in [-0.15, -0.1) is 0 Å². The normalized spacial score (nSPS) is 21.7. The number of nitrogens with zero attached hydrogens (tertiary/aromatic N) is 2. The number of hydrazone groups is 1. The van der Waals surface area contributed by atoms with Crippen LogP contribution < -0.4 is 5.43 Å². The van der Waals surface area contributed by atoms with E-state index in [2.05, 4.69) is 17.1 Å². The van der Waals surface area contributed by atoms with E-state index in [9.17, 15) is 13.2 Å². The molecule has 0 aromatic rings. The Kier molecular flexibility index (Phi) is 2.65. The molecule has 0 unspecified atom stereocenters. The van der Waals surface area contributed by atoms with Crippen molar-refractivity contribution in [2.45, 2.75) is 19.0 Å². The van der Waals surface area contributed by atoms with Crippen molar-refractivity contribution in [2.75, 3.05) is 13.1 Å². The molecule has 0 bridgehead atoms. The van der Waals surface area contributed by atoms with E-state index in [0.717, 1.165) is 12.8 Å². The van der Waals surface area contributed by atoms with Crippen LogP contribution in [-0.2, 0) is 0 Å². The smallest absolute Gasteiger partial charge is 0.370 e. The summed E-state index contributed by atoms with van der Waals surface area (Å²) in [4.78, 5) is 1.71. The van der Waals surface area contributed by atoms with Crippen LogP contribution in [0, 0.1) is 0 Å². The van der Waals surface area contributed by atoms with Gasteiger partial charge in [-0.25, -0.2) is 0 Å². The van der Waals surface area contributed by atoms with Gasteiger partial charge < -0.3 is 4.90 Å². The van der Waals surface area contributed by atoms with Crippen LogP contribution >= 0.6 is 0 Å². The van der Waals surface area contributed by atoms with Gasteiger partial charge in [0.15, 0.2) is 0 Å². The molecule has 88 valence electrons. The molecule has 16 heavy (non-hydrogen) atoms. The molecule has 0 atom stereocenters. The van der Waals surface area contributed by atoms with Crippen LogP contribution in [0.3, 0.4) is 0 Å². The van der Waals surface area contributed by atoms with E-state index in [0.29, 0.717) is 13.1 Å². The summed E-state index contributed by atoms with van der Waals surface area (Å²) in [6, 6.07) is 0. The predicted molar refractivity (Wildman–Crippen MR) is 54.7 cm³/mol. The lowest BCUT2D eigenvalue weighted by molar-refractivity contribution is -0.0914. The van der Waals surface area contributed by atoms with Gasteiger partial charge in [0.25, 0.3) is 0 Å². The van der Waals surface area contributed by atoms with E-state index in [1.54, 1.807) is 4.90 Å². The van der Waals surface area contributed by atoms with Gasteiger partial charge in [0.2, 0.25) is 0 Å². The fraction of sp³-hybridized carbons (Fsp3) is 0.500. The maximum absolute atomic E-state index is 12.8. The molecular weight excluding hydrogens is 219 g/mol. The number of halogens is 3.